The molecule has 0 saturated carbocycles. The maximum Gasteiger partial charge on any atom is 0.410 e. The largest absolute Gasteiger partial charge is 0.444 e. The molecule has 0 N–H and O–H groups in total. The van der Waals surface area contributed by atoms with Crippen LogP contribution in [0.25, 0.3) is 0 Å². The predicted octanol–water partition coefficient (Wildman–Crippen LogP) is 4.65. The van der Waals surface area contributed by atoms with E-state index in [1.54, 1.807) is 11.3 Å². The van der Waals surface area contributed by atoms with Gasteiger partial charge < -0.3 is 14.4 Å². The zero-order valence-corrected chi connectivity index (χ0v) is 16.1. The molecule has 2 atom stereocenters. The van der Waals surface area contributed by atoms with E-state index in [4.69, 9.17) is 9.47 Å². The van der Waals surface area contributed by atoms with Crippen LogP contribution in [0.2, 0.25) is 0 Å². The number of carbonyl (C=O) groups excluding carboxylic acids is 1. The number of nitrogens with zero attached hydrogens (tertiary/aromatic N) is 2. The summed E-state index contributed by atoms with van der Waals surface area (Å²) in [4.78, 5) is 18.3. The summed E-state index contributed by atoms with van der Waals surface area (Å²) in [6.45, 7) is 10.1. The van der Waals surface area contributed by atoms with Crippen LogP contribution in [-0.2, 0) is 9.47 Å². The highest BCUT2D eigenvalue weighted by molar-refractivity contribution is 7.09. The van der Waals surface area contributed by atoms with E-state index in [1.165, 1.54) is 6.42 Å². The molecular formula is C18H30N2O3S. The van der Waals surface area contributed by atoms with Gasteiger partial charge in [-0.3, -0.25) is 0 Å². The zero-order valence-electron chi connectivity index (χ0n) is 15.3. The van der Waals surface area contributed by atoms with E-state index in [9.17, 15) is 4.79 Å². The number of likely N-dealkylation sites (tertiary alicyclic amines) is 1. The molecule has 0 unspecified atom stereocenters. The summed E-state index contributed by atoms with van der Waals surface area (Å²) in [5.41, 5.74) is -0.427. The van der Waals surface area contributed by atoms with Gasteiger partial charge >= 0.3 is 6.09 Å². The molecule has 24 heavy (non-hydrogen) atoms. The van der Waals surface area contributed by atoms with Crippen molar-refractivity contribution in [1.82, 2.24) is 9.88 Å². The van der Waals surface area contributed by atoms with Crippen LogP contribution in [0.15, 0.2) is 11.6 Å². The molecule has 0 aromatic carbocycles. The van der Waals surface area contributed by atoms with Gasteiger partial charge in [-0.2, -0.15) is 0 Å². The molecular weight excluding hydrogens is 324 g/mol. The molecule has 2 heterocycles. The van der Waals surface area contributed by atoms with Crippen molar-refractivity contribution in [1.29, 1.82) is 0 Å². The number of amides is 1. The first-order valence-electron chi connectivity index (χ1n) is 8.84. The Kier molecular flexibility index (Phi) is 7.04. The molecule has 6 heteroatoms. The second kappa shape index (κ2) is 8.81. The average Bonchev–Trinajstić information content (AvgIpc) is 3.04. The highest BCUT2D eigenvalue weighted by atomic mass is 32.1. The lowest BCUT2D eigenvalue weighted by Gasteiger charge is -2.34. The molecule has 0 aliphatic carbocycles. The first-order chi connectivity index (χ1) is 11.3. The number of piperidine rings is 1. The zero-order chi connectivity index (χ0) is 17.6. The van der Waals surface area contributed by atoms with Crippen molar-refractivity contribution >= 4 is 17.4 Å². The number of hydrogen-bond acceptors (Lipinski definition) is 5. The smallest absolute Gasteiger partial charge is 0.410 e. The highest BCUT2D eigenvalue weighted by Gasteiger charge is 2.27. The van der Waals surface area contributed by atoms with Gasteiger partial charge in [0.2, 0.25) is 0 Å². The third-order valence-electron chi connectivity index (χ3n) is 4.09. The number of ether oxygens (including phenoxy) is 2. The Bertz CT molecular complexity index is 499. The van der Waals surface area contributed by atoms with Gasteiger partial charge in [0.25, 0.3) is 0 Å². The van der Waals surface area contributed by atoms with Gasteiger partial charge in [-0.15, -0.1) is 11.3 Å². The summed E-state index contributed by atoms with van der Waals surface area (Å²) in [6, 6.07) is 0. The molecule has 0 radical (unpaired) electrons. The van der Waals surface area contributed by atoms with E-state index in [0.717, 1.165) is 44.0 Å². The molecule has 1 aromatic rings. The van der Waals surface area contributed by atoms with E-state index < -0.39 is 5.60 Å². The van der Waals surface area contributed by atoms with Crippen LogP contribution in [0.4, 0.5) is 4.79 Å². The Morgan fingerprint density at radius 2 is 2.29 bits per heavy atom. The van der Waals surface area contributed by atoms with Gasteiger partial charge in [-0.1, -0.05) is 0 Å². The van der Waals surface area contributed by atoms with Crippen LogP contribution in [0.5, 0.6) is 0 Å². The monoisotopic (exact) mass is 354 g/mol. The van der Waals surface area contributed by atoms with Gasteiger partial charge in [-0.25, -0.2) is 9.78 Å². The fraction of sp³-hybridized carbons (Fsp3) is 0.778. The number of aromatic nitrogens is 1. The van der Waals surface area contributed by atoms with E-state index in [2.05, 4.69) is 4.98 Å². The van der Waals surface area contributed by atoms with Crippen molar-refractivity contribution in [2.24, 2.45) is 5.92 Å². The summed E-state index contributed by atoms with van der Waals surface area (Å²) < 4.78 is 11.3. The average molecular weight is 355 g/mol. The summed E-state index contributed by atoms with van der Waals surface area (Å²) in [5, 5.41) is 3.01. The van der Waals surface area contributed by atoms with E-state index >= 15 is 0 Å². The van der Waals surface area contributed by atoms with Crippen LogP contribution in [-0.4, -0.2) is 41.3 Å². The molecule has 136 valence electrons. The first-order valence-corrected chi connectivity index (χ1v) is 9.72. The van der Waals surface area contributed by atoms with Crippen molar-refractivity contribution in [3.8, 4) is 0 Å². The van der Waals surface area contributed by atoms with Crippen molar-refractivity contribution < 1.29 is 14.3 Å². The van der Waals surface area contributed by atoms with Crippen LogP contribution < -0.4 is 0 Å². The van der Waals surface area contributed by atoms with Crippen molar-refractivity contribution in [3.63, 3.8) is 0 Å². The summed E-state index contributed by atoms with van der Waals surface area (Å²) in [7, 11) is 0. The maximum atomic E-state index is 12.2. The second-order valence-electron chi connectivity index (χ2n) is 7.46. The fourth-order valence-electron chi connectivity index (χ4n) is 2.93. The molecule has 1 amide bonds. The second-order valence-corrected chi connectivity index (χ2v) is 8.39. The van der Waals surface area contributed by atoms with Crippen molar-refractivity contribution in [2.75, 3.05) is 19.7 Å². The van der Waals surface area contributed by atoms with E-state index in [0.29, 0.717) is 5.92 Å². The molecule has 1 saturated heterocycles. The topological polar surface area (TPSA) is 51.7 Å². The molecule has 1 aromatic heterocycles. The lowest BCUT2D eigenvalue weighted by molar-refractivity contribution is 0.0148. The number of carbonyl (C=O) groups is 1. The molecule has 1 aliphatic rings. The quantitative estimate of drug-likeness (QED) is 0.698. The lowest BCUT2D eigenvalue weighted by Crippen LogP contribution is -2.42. The third-order valence-corrected chi connectivity index (χ3v) is 5.03. The molecule has 5 nitrogen and oxygen atoms in total. The van der Waals surface area contributed by atoms with Gasteiger partial charge in [0, 0.05) is 31.3 Å². The Morgan fingerprint density at radius 1 is 1.50 bits per heavy atom. The van der Waals surface area contributed by atoms with Gasteiger partial charge in [0.15, 0.2) is 0 Å². The highest BCUT2D eigenvalue weighted by Crippen LogP contribution is 2.24. The number of hydrogen-bond donors (Lipinski definition) is 0. The van der Waals surface area contributed by atoms with Gasteiger partial charge in [0.05, 0.1) is 0 Å². The maximum absolute atomic E-state index is 12.2. The van der Waals surface area contributed by atoms with Crippen LogP contribution in [0.1, 0.15) is 64.5 Å². The van der Waals surface area contributed by atoms with Crippen LogP contribution in [0, 0.1) is 5.92 Å². The number of thiazole rings is 1. The summed E-state index contributed by atoms with van der Waals surface area (Å²) in [6.07, 6.45) is 6.04. The first kappa shape index (κ1) is 19.2. The minimum atomic E-state index is -0.427. The third kappa shape index (κ3) is 6.40. The molecule has 1 aliphatic heterocycles. The van der Waals surface area contributed by atoms with E-state index in [1.807, 2.05) is 44.2 Å². The minimum absolute atomic E-state index is 0.0645. The Hall–Kier alpha value is -1.14. The fourth-order valence-corrected chi connectivity index (χ4v) is 3.57. The lowest BCUT2D eigenvalue weighted by atomic mass is 9.94. The van der Waals surface area contributed by atoms with Gasteiger partial charge in [-0.05, 0) is 59.3 Å². The van der Waals surface area contributed by atoms with Crippen molar-refractivity contribution in [2.45, 2.75) is 65.1 Å². The normalized spacial score (nSPS) is 20.0. The Labute approximate surface area is 149 Å². The Morgan fingerprint density at radius 3 is 2.96 bits per heavy atom. The van der Waals surface area contributed by atoms with E-state index in [-0.39, 0.29) is 12.2 Å². The van der Waals surface area contributed by atoms with Gasteiger partial charge in [0.1, 0.15) is 16.7 Å². The van der Waals surface area contributed by atoms with Crippen LogP contribution in [0.3, 0.4) is 0 Å². The summed E-state index contributed by atoms with van der Waals surface area (Å²) in [5.74, 6) is 0.546. The molecule has 2 rings (SSSR count). The SMILES string of the molecule is C[C@H](OCCC[C@H]1CCCN(C(=O)OC(C)(C)C)C1)c1nccs1. The van der Waals surface area contributed by atoms with Crippen molar-refractivity contribution in [3.05, 3.63) is 16.6 Å². The number of rotatable bonds is 6. The molecule has 0 bridgehead atoms. The minimum Gasteiger partial charge on any atom is -0.444 e. The summed E-state index contributed by atoms with van der Waals surface area (Å²) >= 11 is 1.63. The predicted molar refractivity (Wildman–Crippen MR) is 96.2 cm³/mol. The molecule has 0 spiro atoms. The van der Waals surface area contributed by atoms with Crippen LogP contribution >= 0.6 is 11.3 Å². The molecule has 1 fully saturated rings. The Balaban J connectivity index is 1.66. The standard InChI is InChI=1S/C18H30N2O3S/c1-14(16-19-9-12-24-16)22-11-6-8-15-7-5-10-20(13-15)17(21)23-18(2,3)4/h9,12,14-15H,5-8,10-11,13H2,1-4H3/t14-,15+/m0/s1.